The number of pyridine rings is 1. The molecule has 0 aliphatic rings. The molecule has 1 unspecified atom stereocenters. The summed E-state index contributed by atoms with van der Waals surface area (Å²) in [7, 11) is -3.35. The maximum absolute atomic E-state index is 13.2. The van der Waals surface area contributed by atoms with Crippen molar-refractivity contribution in [2.24, 2.45) is 5.92 Å². The Bertz CT molecular complexity index is 1130. The average Bonchev–Trinajstić information content (AvgIpc) is 2.79. The summed E-state index contributed by atoms with van der Waals surface area (Å²) in [6.07, 6.45) is 3.41. The Balaban J connectivity index is 2.22. The predicted octanol–water partition coefficient (Wildman–Crippen LogP) is 2.32. The van der Waals surface area contributed by atoms with E-state index in [1.54, 1.807) is 36.5 Å². The number of hydrogen-bond donors (Lipinski definition) is 4. The fourth-order valence-electron chi connectivity index (χ4n) is 3.26. The van der Waals surface area contributed by atoms with Gasteiger partial charge in [-0.1, -0.05) is 55.6 Å². The highest BCUT2D eigenvalue weighted by atomic mass is 35.5. The van der Waals surface area contributed by atoms with Crippen molar-refractivity contribution in [3.63, 3.8) is 0 Å². The highest BCUT2D eigenvalue weighted by Crippen LogP contribution is 2.23. The van der Waals surface area contributed by atoms with Crippen LogP contribution in [-0.4, -0.2) is 49.4 Å². The van der Waals surface area contributed by atoms with E-state index in [4.69, 9.17) is 28.9 Å². The van der Waals surface area contributed by atoms with E-state index in [2.05, 4.69) is 20.9 Å². The lowest BCUT2D eigenvalue weighted by atomic mass is 9.97. The van der Waals surface area contributed by atoms with E-state index >= 15 is 0 Å². The number of nitrogens with zero attached hydrogens (tertiary/aromatic N) is 1. The first kappa shape index (κ1) is 28.8. The maximum atomic E-state index is 13.2. The number of nitrogens with one attached hydrogen (secondary N) is 3. The first-order valence-corrected chi connectivity index (χ1v) is 13.8. The molecule has 0 radical (unpaired) electrons. The number of benzene rings is 1. The first-order valence-electron chi connectivity index (χ1n) is 11.0. The largest absolute Gasteiger partial charge is 0.384 e. The molecule has 2 rings (SSSR count). The SMILES string of the molecule is CCC(C)[C@@H](NCS(C)(=O)=O)C(=O)N[C@@H](Cc1ccc(Cl)c(Cl)c1)C(=O)NCc1ccc(N)nc1. The molecule has 12 heteroatoms. The molecule has 0 aliphatic heterocycles. The van der Waals surface area contributed by atoms with Crippen LogP contribution in [0.4, 0.5) is 5.82 Å². The van der Waals surface area contributed by atoms with Gasteiger partial charge >= 0.3 is 0 Å². The van der Waals surface area contributed by atoms with E-state index in [0.29, 0.717) is 27.8 Å². The van der Waals surface area contributed by atoms with Gasteiger partial charge in [-0.3, -0.25) is 14.9 Å². The van der Waals surface area contributed by atoms with Gasteiger partial charge in [0.15, 0.2) is 9.84 Å². The second kappa shape index (κ2) is 13.1. The lowest BCUT2D eigenvalue weighted by Gasteiger charge is -2.26. The molecule has 1 aromatic carbocycles. The van der Waals surface area contributed by atoms with Gasteiger partial charge < -0.3 is 16.4 Å². The molecule has 192 valence electrons. The summed E-state index contributed by atoms with van der Waals surface area (Å²) < 4.78 is 23.3. The molecule has 0 saturated heterocycles. The summed E-state index contributed by atoms with van der Waals surface area (Å²) in [5.41, 5.74) is 7.03. The second-order valence-corrected chi connectivity index (χ2v) is 11.4. The average molecular weight is 545 g/mol. The lowest BCUT2D eigenvalue weighted by Crippen LogP contribution is -2.55. The molecule has 1 heterocycles. The van der Waals surface area contributed by atoms with Crippen LogP contribution in [0, 0.1) is 5.92 Å². The van der Waals surface area contributed by atoms with Crippen molar-refractivity contribution in [2.75, 3.05) is 17.9 Å². The molecule has 9 nitrogen and oxygen atoms in total. The minimum atomic E-state index is -3.35. The van der Waals surface area contributed by atoms with Gasteiger partial charge in [-0.2, -0.15) is 0 Å². The van der Waals surface area contributed by atoms with Crippen LogP contribution in [-0.2, 0) is 32.4 Å². The van der Waals surface area contributed by atoms with Gasteiger partial charge in [0, 0.05) is 25.4 Å². The molecule has 35 heavy (non-hydrogen) atoms. The van der Waals surface area contributed by atoms with Crippen LogP contribution in [0.1, 0.15) is 31.4 Å². The van der Waals surface area contributed by atoms with Crippen molar-refractivity contribution in [2.45, 2.75) is 45.3 Å². The highest BCUT2D eigenvalue weighted by Gasteiger charge is 2.29. The van der Waals surface area contributed by atoms with Crippen LogP contribution >= 0.6 is 23.2 Å². The Morgan fingerprint density at radius 3 is 2.34 bits per heavy atom. The van der Waals surface area contributed by atoms with Gasteiger partial charge in [0.25, 0.3) is 0 Å². The Morgan fingerprint density at radius 2 is 1.77 bits per heavy atom. The van der Waals surface area contributed by atoms with Gasteiger partial charge in [0.2, 0.25) is 11.8 Å². The molecule has 0 saturated carbocycles. The van der Waals surface area contributed by atoms with Gasteiger partial charge in [-0.25, -0.2) is 13.4 Å². The van der Waals surface area contributed by atoms with Gasteiger partial charge in [-0.15, -0.1) is 0 Å². The normalized spacial score (nSPS) is 14.1. The molecule has 0 aliphatic carbocycles. The van der Waals surface area contributed by atoms with Crippen LogP contribution in [0.2, 0.25) is 10.0 Å². The molecule has 3 atom stereocenters. The molecular formula is C23H31Cl2N5O4S. The number of nitrogen functional groups attached to an aromatic ring is 1. The van der Waals surface area contributed by atoms with Gasteiger partial charge in [0.1, 0.15) is 11.9 Å². The lowest BCUT2D eigenvalue weighted by molar-refractivity contribution is -0.130. The standard InChI is InChI=1S/C23H31Cl2N5O4S/c1-4-14(2)21(29-13-35(3,33)34)23(32)30-19(10-15-5-7-17(24)18(25)9-15)22(31)28-12-16-6-8-20(26)27-11-16/h5-9,11,14,19,21,29H,4,10,12-13H2,1-3H3,(H2,26,27)(H,28,31)(H,30,32)/t14?,19-,21+/m0/s1. The van der Waals surface area contributed by atoms with E-state index in [1.165, 1.54) is 0 Å². The Kier molecular flexibility index (Phi) is 10.8. The smallest absolute Gasteiger partial charge is 0.243 e. The predicted molar refractivity (Wildman–Crippen MR) is 139 cm³/mol. The molecular weight excluding hydrogens is 513 g/mol. The van der Waals surface area contributed by atoms with Crippen LogP contribution in [0.3, 0.4) is 0 Å². The number of nitrogens with two attached hydrogens (primary N) is 1. The number of carbonyl (C=O) groups is 2. The van der Waals surface area contributed by atoms with Crippen LogP contribution in [0.25, 0.3) is 0 Å². The quantitative estimate of drug-likeness (QED) is 0.321. The van der Waals surface area contributed by atoms with Gasteiger partial charge in [0.05, 0.1) is 22.0 Å². The zero-order valence-electron chi connectivity index (χ0n) is 19.8. The van der Waals surface area contributed by atoms with E-state index in [9.17, 15) is 18.0 Å². The third-order valence-corrected chi connectivity index (χ3v) is 6.86. The molecule has 0 spiro atoms. The summed E-state index contributed by atoms with van der Waals surface area (Å²) in [6.45, 7) is 3.91. The number of sulfone groups is 1. The Morgan fingerprint density at radius 1 is 1.09 bits per heavy atom. The second-order valence-electron chi connectivity index (χ2n) is 8.46. The van der Waals surface area contributed by atoms with Crippen molar-refractivity contribution in [3.05, 3.63) is 57.7 Å². The number of aromatic nitrogens is 1. The maximum Gasteiger partial charge on any atom is 0.243 e. The van der Waals surface area contributed by atoms with E-state index in [0.717, 1.165) is 11.8 Å². The zero-order chi connectivity index (χ0) is 26.2. The zero-order valence-corrected chi connectivity index (χ0v) is 22.2. The number of halogens is 2. The summed E-state index contributed by atoms with van der Waals surface area (Å²) >= 11 is 12.1. The van der Waals surface area contributed by atoms with Crippen LogP contribution < -0.4 is 21.7 Å². The minimum Gasteiger partial charge on any atom is -0.384 e. The monoisotopic (exact) mass is 543 g/mol. The summed E-state index contributed by atoms with van der Waals surface area (Å²) in [6, 6.07) is 6.58. The molecule has 2 amide bonds. The Labute approximate surface area is 216 Å². The summed E-state index contributed by atoms with van der Waals surface area (Å²) in [4.78, 5) is 30.3. The summed E-state index contributed by atoms with van der Waals surface area (Å²) in [5, 5.41) is 9.08. The fourth-order valence-corrected chi connectivity index (χ4v) is 4.06. The number of amides is 2. The molecule has 5 N–H and O–H groups in total. The van der Waals surface area contributed by atoms with Crippen LogP contribution in [0.5, 0.6) is 0 Å². The van der Waals surface area contributed by atoms with Crippen molar-refractivity contribution >= 4 is 50.7 Å². The summed E-state index contributed by atoms with van der Waals surface area (Å²) in [5.74, 6) is -1.07. The number of hydrogen-bond acceptors (Lipinski definition) is 7. The third kappa shape index (κ3) is 9.64. The van der Waals surface area contributed by atoms with Crippen molar-refractivity contribution in [1.29, 1.82) is 0 Å². The highest BCUT2D eigenvalue weighted by molar-refractivity contribution is 7.90. The molecule has 1 aromatic heterocycles. The molecule has 2 aromatic rings. The van der Waals surface area contributed by atoms with Crippen LogP contribution in [0.15, 0.2) is 36.5 Å². The number of carbonyl (C=O) groups excluding carboxylic acids is 2. The van der Waals surface area contributed by atoms with E-state index in [-0.39, 0.29) is 24.8 Å². The first-order chi connectivity index (χ1) is 16.4. The Hall–Kier alpha value is -2.40. The molecule has 0 bridgehead atoms. The van der Waals surface area contributed by atoms with Crippen molar-refractivity contribution in [1.82, 2.24) is 20.9 Å². The van der Waals surface area contributed by atoms with Gasteiger partial charge in [-0.05, 0) is 35.2 Å². The third-order valence-electron chi connectivity index (χ3n) is 5.43. The topological polar surface area (TPSA) is 143 Å². The van der Waals surface area contributed by atoms with E-state index < -0.39 is 33.7 Å². The van der Waals surface area contributed by atoms with E-state index in [1.807, 2.05) is 13.8 Å². The minimum absolute atomic E-state index is 0.147. The number of anilines is 1. The van der Waals surface area contributed by atoms with Crippen molar-refractivity contribution in [3.8, 4) is 0 Å². The van der Waals surface area contributed by atoms with Crippen molar-refractivity contribution < 1.29 is 18.0 Å². The molecule has 0 fully saturated rings. The number of rotatable bonds is 12. The fraction of sp³-hybridized carbons (Fsp3) is 0.435.